The molecule has 4 heteroatoms. The Bertz CT molecular complexity index is 746. The maximum absolute atomic E-state index is 11.6. The fourth-order valence-corrected chi connectivity index (χ4v) is 2.08. The van der Waals surface area contributed by atoms with Gasteiger partial charge in [0.2, 0.25) is 0 Å². The number of pyridine rings is 1. The number of aromatic nitrogens is 2. The van der Waals surface area contributed by atoms with E-state index < -0.39 is 0 Å². The third-order valence-corrected chi connectivity index (χ3v) is 3.09. The number of hydrogen-bond donors (Lipinski definition) is 2. The van der Waals surface area contributed by atoms with Crippen molar-refractivity contribution in [1.29, 1.82) is 0 Å². The summed E-state index contributed by atoms with van der Waals surface area (Å²) in [6.07, 6.45) is 3.67. The van der Waals surface area contributed by atoms with Crippen LogP contribution in [-0.4, -0.2) is 22.9 Å². The van der Waals surface area contributed by atoms with Gasteiger partial charge in [-0.25, -0.2) is 4.98 Å². The molecule has 1 amide bonds. The molecule has 0 spiro atoms. The second-order valence-electron chi connectivity index (χ2n) is 4.30. The Balaban J connectivity index is 2.07. The highest BCUT2D eigenvalue weighted by Crippen LogP contribution is 2.23. The van der Waals surface area contributed by atoms with Crippen LogP contribution in [0.25, 0.3) is 22.2 Å². The standard InChI is InChI=1S/C15H13N3O/c1-16-15(19)12-4-2-3-10(7-12)13-8-11-5-6-17-14(11)18-9-13/h2-9H,1H3,(H,16,19)(H,17,18). The highest BCUT2D eigenvalue weighted by molar-refractivity contribution is 5.95. The number of benzene rings is 1. The van der Waals surface area contributed by atoms with Crippen LogP contribution < -0.4 is 5.32 Å². The summed E-state index contributed by atoms with van der Waals surface area (Å²) in [4.78, 5) is 19.1. The summed E-state index contributed by atoms with van der Waals surface area (Å²) >= 11 is 0. The zero-order chi connectivity index (χ0) is 13.2. The topological polar surface area (TPSA) is 57.8 Å². The van der Waals surface area contributed by atoms with E-state index >= 15 is 0 Å². The molecule has 3 rings (SSSR count). The summed E-state index contributed by atoms with van der Waals surface area (Å²) in [6, 6.07) is 11.6. The van der Waals surface area contributed by atoms with E-state index in [1.165, 1.54) is 0 Å². The Morgan fingerprint density at radius 3 is 2.95 bits per heavy atom. The maximum Gasteiger partial charge on any atom is 0.251 e. The van der Waals surface area contributed by atoms with E-state index in [0.29, 0.717) is 5.56 Å². The van der Waals surface area contributed by atoms with E-state index in [4.69, 9.17) is 0 Å². The minimum Gasteiger partial charge on any atom is -0.355 e. The lowest BCUT2D eigenvalue weighted by Crippen LogP contribution is -2.17. The van der Waals surface area contributed by atoms with Crippen LogP contribution in [0.5, 0.6) is 0 Å². The highest BCUT2D eigenvalue weighted by atomic mass is 16.1. The first-order chi connectivity index (χ1) is 9.28. The molecule has 0 saturated carbocycles. The first-order valence-electron chi connectivity index (χ1n) is 6.03. The third-order valence-electron chi connectivity index (χ3n) is 3.09. The highest BCUT2D eigenvalue weighted by Gasteiger charge is 2.06. The second-order valence-corrected chi connectivity index (χ2v) is 4.30. The number of aromatic amines is 1. The molecule has 2 heterocycles. The molecule has 4 nitrogen and oxygen atoms in total. The van der Waals surface area contributed by atoms with Gasteiger partial charge in [0.1, 0.15) is 5.65 Å². The number of carbonyl (C=O) groups is 1. The van der Waals surface area contributed by atoms with Gasteiger partial charge in [0.25, 0.3) is 5.91 Å². The van der Waals surface area contributed by atoms with Crippen molar-refractivity contribution in [2.75, 3.05) is 7.05 Å². The largest absolute Gasteiger partial charge is 0.355 e. The number of hydrogen-bond acceptors (Lipinski definition) is 2. The van der Waals surface area contributed by atoms with Gasteiger partial charge in [-0.2, -0.15) is 0 Å². The zero-order valence-electron chi connectivity index (χ0n) is 10.5. The van der Waals surface area contributed by atoms with Gasteiger partial charge in [-0.15, -0.1) is 0 Å². The van der Waals surface area contributed by atoms with Gasteiger partial charge in [-0.1, -0.05) is 12.1 Å². The Hall–Kier alpha value is -2.62. The van der Waals surface area contributed by atoms with E-state index in [-0.39, 0.29) is 5.91 Å². The van der Waals surface area contributed by atoms with Crippen LogP contribution in [0.15, 0.2) is 48.8 Å². The summed E-state index contributed by atoms with van der Waals surface area (Å²) in [5.74, 6) is -0.0856. The van der Waals surface area contributed by atoms with E-state index in [2.05, 4.69) is 21.4 Å². The molecule has 0 atom stereocenters. The Kier molecular flexibility index (Phi) is 2.76. The van der Waals surface area contributed by atoms with Crippen LogP contribution in [-0.2, 0) is 0 Å². The fraction of sp³-hybridized carbons (Fsp3) is 0.0667. The zero-order valence-corrected chi connectivity index (χ0v) is 10.5. The van der Waals surface area contributed by atoms with Crippen molar-refractivity contribution in [2.24, 2.45) is 0 Å². The van der Waals surface area contributed by atoms with Gasteiger partial charge in [0.15, 0.2) is 0 Å². The molecule has 19 heavy (non-hydrogen) atoms. The number of carbonyl (C=O) groups excluding carboxylic acids is 1. The molecule has 2 aromatic heterocycles. The molecule has 0 aliphatic carbocycles. The summed E-state index contributed by atoms with van der Waals surface area (Å²) in [5, 5.41) is 3.68. The van der Waals surface area contributed by atoms with Crippen LogP contribution in [0.1, 0.15) is 10.4 Å². The van der Waals surface area contributed by atoms with E-state index in [1.54, 1.807) is 13.1 Å². The Labute approximate surface area is 110 Å². The monoisotopic (exact) mass is 251 g/mol. The second kappa shape index (κ2) is 4.57. The molecule has 0 aliphatic heterocycles. The van der Waals surface area contributed by atoms with Gasteiger partial charge < -0.3 is 10.3 Å². The van der Waals surface area contributed by atoms with Crippen molar-refractivity contribution in [3.63, 3.8) is 0 Å². The van der Waals surface area contributed by atoms with Gasteiger partial charge in [-0.3, -0.25) is 4.79 Å². The lowest BCUT2D eigenvalue weighted by atomic mass is 10.0. The number of fused-ring (bicyclic) bond motifs is 1. The fourth-order valence-electron chi connectivity index (χ4n) is 2.08. The van der Waals surface area contributed by atoms with Crippen LogP contribution >= 0.6 is 0 Å². The number of nitrogens with one attached hydrogen (secondary N) is 2. The number of nitrogens with zero attached hydrogens (tertiary/aromatic N) is 1. The summed E-state index contributed by atoms with van der Waals surface area (Å²) < 4.78 is 0. The number of rotatable bonds is 2. The maximum atomic E-state index is 11.6. The summed E-state index contributed by atoms with van der Waals surface area (Å²) in [6.45, 7) is 0. The van der Waals surface area contributed by atoms with Crippen LogP contribution in [0.3, 0.4) is 0 Å². The van der Waals surface area contributed by atoms with Crippen molar-refractivity contribution in [3.8, 4) is 11.1 Å². The van der Waals surface area contributed by atoms with Gasteiger partial charge in [-0.05, 0) is 29.8 Å². The summed E-state index contributed by atoms with van der Waals surface area (Å²) in [7, 11) is 1.63. The van der Waals surface area contributed by atoms with Crippen molar-refractivity contribution in [3.05, 3.63) is 54.4 Å². The minimum atomic E-state index is -0.0856. The molecule has 0 radical (unpaired) electrons. The predicted octanol–water partition coefficient (Wildman–Crippen LogP) is 2.59. The number of amides is 1. The first-order valence-corrected chi connectivity index (χ1v) is 6.03. The molecule has 0 bridgehead atoms. The first kappa shape index (κ1) is 11.5. The number of H-pyrrole nitrogens is 1. The molecule has 2 N–H and O–H groups in total. The molecular weight excluding hydrogens is 238 g/mol. The SMILES string of the molecule is CNC(=O)c1cccc(-c2cnc3[nH]ccc3c2)c1. The van der Waals surface area contributed by atoms with Crippen LogP contribution in [0.4, 0.5) is 0 Å². The average molecular weight is 251 g/mol. The molecule has 1 aromatic carbocycles. The molecule has 3 aromatic rings. The summed E-state index contributed by atoms with van der Waals surface area (Å²) in [5.41, 5.74) is 3.50. The molecule has 0 fully saturated rings. The molecular formula is C15H13N3O. The lowest BCUT2D eigenvalue weighted by Gasteiger charge is -2.04. The molecule has 0 aliphatic rings. The van der Waals surface area contributed by atoms with Gasteiger partial charge in [0.05, 0.1) is 0 Å². The van der Waals surface area contributed by atoms with Crippen LogP contribution in [0, 0.1) is 0 Å². The Morgan fingerprint density at radius 2 is 2.11 bits per heavy atom. The van der Waals surface area contributed by atoms with Crippen molar-refractivity contribution in [1.82, 2.24) is 15.3 Å². The van der Waals surface area contributed by atoms with E-state index in [0.717, 1.165) is 22.2 Å². The van der Waals surface area contributed by atoms with Crippen molar-refractivity contribution in [2.45, 2.75) is 0 Å². The van der Waals surface area contributed by atoms with Gasteiger partial charge >= 0.3 is 0 Å². The smallest absolute Gasteiger partial charge is 0.251 e. The Morgan fingerprint density at radius 1 is 1.21 bits per heavy atom. The predicted molar refractivity (Wildman–Crippen MR) is 74.9 cm³/mol. The van der Waals surface area contributed by atoms with E-state index in [9.17, 15) is 4.79 Å². The minimum absolute atomic E-state index is 0.0856. The van der Waals surface area contributed by atoms with Gasteiger partial charge in [0, 0.05) is 36.0 Å². The molecule has 94 valence electrons. The van der Waals surface area contributed by atoms with Crippen molar-refractivity contribution < 1.29 is 4.79 Å². The van der Waals surface area contributed by atoms with E-state index in [1.807, 2.05) is 36.7 Å². The van der Waals surface area contributed by atoms with Crippen molar-refractivity contribution >= 4 is 16.9 Å². The average Bonchev–Trinajstić information content (AvgIpc) is 2.94. The molecule has 0 unspecified atom stereocenters. The quantitative estimate of drug-likeness (QED) is 0.735. The normalized spacial score (nSPS) is 10.6. The molecule has 0 saturated heterocycles. The van der Waals surface area contributed by atoms with Crippen LogP contribution in [0.2, 0.25) is 0 Å². The third kappa shape index (κ3) is 2.08. The lowest BCUT2D eigenvalue weighted by molar-refractivity contribution is 0.0963.